The van der Waals surface area contributed by atoms with Gasteiger partial charge in [-0.2, -0.15) is 0 Å². The average molecular weight is 216 g/mol. The molecule has 0 aliphatic rings. The van der Waals surface area contributed by atoms with E-state index in [2.05, 4.69) is 20.7 Å². The molecule has 2 rings (SSSR count). The number of aromatic nitrogens is 3. The molecule has 0 fully saturated rings. The van der Waals surface area contributed by atoms with Crippen LogP contribution in [0, 0.1) is 0 Å². The fourth-order valence-electron chi connectivity index (χ4n) is 1.20. The Hall–Kier alpha value is -2.50. The van der Waals surface area contributed by atoms with E-state index in [9.17, 15) is 4.79 Å². The summed E-state index contributed by atoms with van der Waals surface area (Å²) in [4.78, 5) is 10.8. The van der Waals surface area contributed by atoms with Crippen molar-refractivity contribution in [2.75, 3.05) is 5.32 Å². The molecule has 1 aromatic heterocycles. The Kier molecular flexibility index (Phi) is 2.73. The van der Waals surface area contributed by atoms with Gasteiger partial charge in [0, 0.05) is 5.69 Å². The van der Waals surface area contributed by atoms with Crippen LogP contribution in [-0.4, -0.2) is 26.5 Å². The standard InChI is InChI=1S/C10H8N4O2/c15-10(16)9-8(6-11-14-13-9)12-7-4-2-1-3-5-7/h1-6H,(H,12,14)(H,15,16). The summed E-state index contributed by atoms with van der Waals surface area (Å²) in [6, 6.07) is 9.17. The molecular weight excluding hydrogens is 208 g/mol. The fourth-order valence-corrected chi connectivity index (χ4v) is 1.20. The maximum Gasteiger partial charge on any atom is 0.358 e. The van der Waals surface area contributed by atoms with E-state index < -0.39 is 5.97 Å². The molecule has 6 nitrogen and oxygen atoms in total. The summed E-state index contributed by atoms with van der Waals surface area (Å²) in [5.74, 6) is -1.15. The predicted octanol–water partition coefficient (Wildman–Crippen LogP) is 1.31. The van der Waals surface area contributed by atoms with Gasteiger partial charge in [0.15, 0.2) is 5.69 Å². The van der Waals surface area contributed by atoms with Gasteiger partial charge in [0.1, 0.15) is 0 Å². The zero-order chi connectivity index (χ0) is 11.4. The van der Waals surface area contributed by atoms with E-state index in [-0.39, 0.29) is 5.69 Å². The minimum Gasteiger partial charge on any atom is -0.476 e. The number of hydrogen-bond acceptors (Lipinski definition) is 5. The number of carboxylic acid groups (broad SMARTS) is 1. The Morgan fingerprint density at radius 2 is 2.00 bits per heavy atom. The third-order valence-corrected chi connectivity index (χ3v) is 1.89. The van der Waals surface area contributed by atoms with E-state index in [1.165, 1.54) is 6.20 Å². The lowest BCUT2D eigenvalue weighted by molar-refractivity contribution is 0.0690. The van der Waals surface area contributed by atoms with Crippen LogP contribution in [0.25, 0.3) is 0 Å². The Balaban J connectivity index is 2.31. The first-order valence-electron chi connectivity index (χ1n) is 4.51. The molecule has 0 aliphatic heterocycles. The number of nitrogens with one attached hydrogen (secondary N) is 1. The second kappa shape index (κ2) is 4.35. The third kappa shape index (κ3) is 2.11. The van der Waals surface area contributed by atoms with Crippen LogP contribution in [0.2, 0.25) is 0 Å². The van der Waals surface area contributed by atoms with Crippen molar-refractivity contribution in [3.63, 3.8) is 0 Å². The molecule has 1 aromatic carbocycles. The summed E-state index contributed by atoms with van der Waals surface area (Å²) in [6.07, 6.45) is 1.32. The average Bonchev–Trinajstić information content (AvgIpc) is 2.31. The molecule has 0 aliphatic carbocycles. The summed E-state index contributed by atoms with van der Waals surface area (Å²) in [5, 5.41) is 22.1. The molecule has 0 saturated heterocycles. The Labute approximate surface area is 91.0 Å². The lowest BCUT2D eigenvalue weighted by Gasteiger charge is -2.06. The lowest BCUT2D eigenvalue weighted by atomic mass is 10.3. The SMILES string of the molecule is O=C(O)c1nnncc1Nc1ccccc1. The molecule has 6 heteroatoms. The minimum atomic E-state index is -1.15. The topological polar surface area (TPSA) is 88.0 Å². The predicted molar refractivity (Wildman–Crippen MR) is 56.5 cm³/mol. The van der Waals surface area contributed by atoms with Gasteiger partial charge in [-0.05, 0) is 17.3 Å². The van der Waals surface area contributed by atoms with E-state index in [1.807, 2.05) is 30.3 Å². The van der Waals surface area contributed by atoms with Gasteiger partial charge in [-0.1, -0.05) is 18.2 Å². The monoisotopic (exact) mass is 216 g/mol. The zero-order valence-electron chi connectivity index (χ0n) is 8.16. The van der Waals surface area contributed by atoms with Gasteiger partial charge >= 0.3 is 5.97 Å². The molecule has 0 saturated carbocycles. The van der Waals surface area contributed by atoms with Crippen molar-refractivity contribution >= 4 is 17.3 Å². The first-order chi connectivity index (χ1) is 7.77. The first-order valence-corrected chi connectivity index (χ1v) is 4.51. The number of para-hydroxylation sites is 1. The Morgan fingerprint density at radius 1 is 1.25 bits per heavy atom. The van der Waals surface area contributed by atoms with Gasteiger partial charge in [-0.3, -0.25) is 0 Å². The molecule has 16 heavy (non-hydrogen) atoms. The number of hydrogen-bond donors (Lipinski definition) is 2. The fraction of sp³-hybridized carbons (Fsp3) is 0. The van der Waals surface area contributed by atoms with Gasteiger partial charge in [0.05, 0.1) is 11.9 Å². The van der Waals surface area contributed by atoms with E-state index in [1.54, 1.807) is 0 Å². The van der Waals surface area contributed by atoms with Crippen molar-refractivity contribution in [3.05, 3.63) is 42.2 Å². The number of aromatic carboxylic acids is 1. The first kappa shape index (κ1) is 10.0. The van der Waals surface area contributed by atoms with Crippen molar-refractivity contribution in [2.45, 2.75) is 0 Å². The van der Waals surface area contributed by atoms with Crippen LogP contribution < -0.4 is 5.32 Å². The largest absolute Gasteiger partial charge is 0.476 e. The van der Waals surface area contributed by atoms with Crippen LogP contribution >= 0.6 is 0 Å². The number of nitrogens with zero attached hydrogens (tertiary/aromatic N) is 3. The molecule has 80 valence electrons. The van der Waals surface area contributed by atoms with Gasteiger partial charge in [0.25, 0.3) is 0 Å². The summed E-state index contributed by atoms with van der Waals surface area (Å²) < 4.78 is 0. The minimum absolute atomic E-state index is 0.154. The van der Waals surface area contributed by atoms with Crippen LogP contribution in [0.5, 0.6) is 0 Å². The summed E-state index contributed by atoms with van der Waals surface area (Å²) in [7, 11) is 0. The van der Waals surface area contributed by atoms with Gasteiger partial charge in [0.2, 0.25) is 0 Å². The Morgan fingerprint density at radius 3 is 2.69 bits per heavy atom. The highest BCUT2D eigenvalue weighted by atomic mass is 16.4. The maximum atomic E-state index is 10.8. The highest BCUT2D eigenvalue weighted by molar-refractivity contribution is 5.92. The highest BCUT2D eigenvalue weighted by Crippen LogP contribution is 2.17. The summed E-state index contributed by atoms with van der Waals surface area (Å²) >= 11 is 0. The van der Waals surface area contributed by atoms with Crippen LogP contribution in [-0.2, 0) is 0 Å². The van der Waals surface area contributed by atoms with Crippen molar-refractivity contribution in [3.8, 4) is 0 Å². The number of benzene rings is 1. The third-order valence-electron chi connectivity index (χ3n) is 1.89. The molecule has 0 radical (unpaired) electrons. The molecule has 0 unspecified atom stereocenters. The molecule has 1 heterocycles. The highest BCUT2D eigenvalue weighted by Gasteiger charge is 2.12. The van der Waals surface area contributed by atoms with E-state index in [4.69, 9.17) is 5.11 Å². The smallest absolute Gasteiger partial charge is 0.358 e. The Bertz CT molecular complexity index is 501. The molecule has 0 atom stereocenters. The lowest BCUT2D eigenvalue weighted by Crippen LogP contribution is -2.07. The second-order valence-electron chi connectivity index (χ2n) is 2.99. The van der Waals surface area contributed by atoms with Crippen molar-refractivity contribution in [1.29, 1.82) is 0 Å². The van der Waals surface area contributed by atoms with Crippen LogP contribution in [0.15, 0.2) is 36.5 Å². The van der Waals surface area contributed by atoms with Gasteiger partial charge in [-0.25, -0.2) is 4.79 Å². The van der Waals surface area contributed by atoms with Crippen molar-refractivity contribution < 1.29 is 9.90 Å². The van der Waals surface area contributed by atoms with Crippen molar-refractivity contribution in [1.82, 2.24) is 15.4 Å². The normalized spacial score (nSPS) is 9.75. The van der Waals surface area contributed by atoms with Crippen LogP contribution in [0.4, 0.5) is 11.4 Å². The number of rotatable bonds is 3. The quantitative estimate of drug-likeness (QED) is 0.804. The number of carboxylic acids is 1. The van der Waals surface area contributed by atoms with E-state index in [0.717, 1.165) is 5.69 Å². The zero-order valence-corrected chi connectivity index (χ0v) is 8.16. The van der Waals surface area contributed by atoms with E-state index >= 15 is 0 Å². The van der Waals surface area contributed by atoms with Crippen molar-refractivity contribution in [2.24, 2.45) is 0 Å². The second-order valence-corrected chi connectivity index (χ2v) is 2.99. The number of carbonyl (C=O) groups is 1. The molecule has 2 N–H and O–H groups in total. The van der Waals surface area contributed by atoms with Gasteiger partial charge < -0.3 is 10.4 Å². The summed E-state index contributed by atoms with van der Waals surface area (Å²) in [6.45, 7) is 0. The molecule has 0 amide bonds. The van der Waals surface area contributed by atoms with Crippen LogP contribution in [0.3, 0.4) is 0 Å². The molecule has 2 aromatic rings. The summed E-state index contributed by atoms with van der Waals surface area (Å²) in [5.41, 5.74) is 0.923. The molecular formula is C10H8N4O2. The molecule has 0 spiro atoms. The van der Waals surface area contributed by atoms with E-state index in [0.29, 0.717) is 5.69 Å². The maximum absolute atomic E-state index is 10.8. The molecule has 0 bridgehead atoms. The van der Waals surface area contributed by atoms with Gasteiger partial charge in [-0.15, -0.1) is 10.2 Å². The number of anilines is 2. The van der Waals surface area contributed by atoms with Crippen LogP contribution in [0.1, 0.15) is 10.5 Å².